The van der Waals surface area contributed by atoms with Crippen molar-refractivity contribution in [3.63, 3.8) is 0 Å². The van der Waals surface area contributed by atoms with Crippen LogP contribution in [-0.4, -0.2) is 73.4 Å². The molecule has 11 nitrogen and oxygen atoms in total. The average Bonchev–Trinajstić information content (AvgIpc) is 3.43. The molecule has 14 heteroatoms. The third kappa shape index (κ3) is 4.22. The third-order valence-corrected chi connectivity index (χ3v) is 6.32. The fourth-order valence-corrected chi connectivity index (χ4v) is 4.79. The van der Waals surface area contributed by atoms with Gasteiger partial charge in [-0.2, -0.15) is 13.8 Å². The van der Waals surface area contributed by atoms with Gasteiger partial charge in [-0.1, -0.05) is 0 Å². The van der Waals surface area contributed by atoms with Gasteiger partial charge in [0.1, 0.15) is 5.60 Å². The number of hydrogen-bond acceptors (Lipinski definition) is 9. The van der Waals surface area contributed by atoms with Crippen molar-refractivity contribution in [1.82, 2.24) is 24.5 Å². The third-order valence-electron chi connectivity index (χ3n) is 5.74. The van der Waals surface area contributed by atoms with Crippen LogP contribution in [0, 0.1) is 0 Å². The van der Waals surface area contributed by atoms with E-state index < -0.39 is 17.6 Å². The second kappa shape index (κ2) is 8.00. The molecule has 0 saturated carbocycles. The number of pyridine rings is 1. The highest BCUT2D eigenvalue weighted by Crippen LogP contribution is 2.36. The van der Waals surface area contributed by atoms with Crippen molar-refractivity contribution in [2.24, 2.45) is 5.73 Å². The number of piperidine rings is 1. The number of ether oxygens (including phenoxy) is 2. The number of hydrogen-bond donors (Lipinski definition) is 1. The zero-order valence-corrected chi connectivity index (χ0v) is 20.0. The molecule has 2 bridgehead atoms. The summed E-state index contributed by atoms with van der Waals surface area (Å²) < 4.78 is 39.4. The van der Waals surface area contributed by atoms with Crippen LogP contribution in [0.4, 0.5) is 19.5 Å². The van der Waals surface area contributed by atoms with E-state index in [2.05, 4.69) is 19.8 Å². The Bertz CT molecular complexity index is 1280. The summed E-state index contributed by atoms with van der Waals surface area (Å²) in [6.07, 6.45) is -3.77. The Morgan fingerprint density at radius 3 is 2.51 bits per heavy atom. The predicted octanol–water partition coefficient (Wildman–Crippen LogP) is 2.51. The SMILES string of the molecule is CC(C)(C)OC(=O)N1C2CC1CN(c1nc3c(OC(F)(F)C(N)=O)ccc(-c4cscn4)n3n1)C2. The van der Waals surface area contributed by atoms with Crippen LogP contribution in [-0.2, 0) is 9.53 Å². The molecular weight excluding hydrogens is 484 g/mol. The summed E-state index contributed by atoms with van der Waals surface area (Å²) in [7, 11) is 0. The van der Waals surface area contributed by atoms with Crippen LogP contribution >= 0.6 is 11.3 Å². The van der Waals surface area contributed by atoms with Gasteiger partial charge in [0.2, 0.25) is 11.6 Å². The quantitative estimate of drug-likeness (QED) is 0.558. The van der Waals surface area contributed by atoms with Gasteiger partial charge in [-0.15, -0.1) is 16.4 Å². The van der Waals surface area contributed by atoms with E-state index in [0.717, 1.165) is 6.42 Å². The minimum absolute atomic E-state index is 0.0188. The number of fused-ring (bicyclic) bond motifs is 3. The Morgan fingerprint density at radius 1 is 1.20 bits per heavy atom. The fraction of sp³-hybridized carbons (Fsp3) is 0.476. The lowest BCUT2D eigenvalue weighted by atomic mass is 9.88. The molecule has 0 spiro atoms. The molecule has 6 heterocycles. The summed E-state index contributed by atoms with van der Waals surface area (Å²) in [5, 5.41) is 6.31. The van der Waals surface area contributed by atoms with Crippen LogP contribution in [0.1, 0.15) is 27.2 Å². The molecular formula is C21H23F2N7O4S. The van der Waals surface area contributed by atoms with E-state index in [4.69, 9.17) is 10.5 Å². The lowest BCUT2D eigenvalue weighted by Crippen LogP contribution is -2.70. The van der Waals surface area contributed by atoms with Crippen molar-refractivity contribution in [2.45, 2.75) is 51.0 Å². The summed E-state index contributed by atoms with van der Waals surface area (Å²) in [5.41, 5.74) is 6.87. The Balaban J connectivity index is 1.46. The predicted molar refractivity (Wildman–Crippen MR) is 121 cm³/mol. The van der Waals surface area contributed by atoms with E-state index in [1.165, 1.54) is 28.0 Å². The number of nitrogens with two attached hydrogens (primary N) is 1. The molecule has 0 radical (unpaired) electrons. The molecule has 0 aliphatic carbocycles. The molecule has 3 aromatic heterocycles. The zero-order valence-electron chi connectivity index (χ0n) is 19.1. The van der Waals surface area contributed by atoms with E-state index >= 15 is 0 Å². The van der Waals surface area contributed by atoms with Crippen molar-refractivity contribution >= 4 is 34.9 Å². The fourth-order valence-electron chi connectivity index (χ4n) is 4.25. The standard InChI is InChI=1S/C21H23F2N7O4S/c1-20(2,3)34-19(32)29-11-6-12(29)8-28(7-11)18-26-16-15(33-21(22,23)17(24)31)5-4-14(30(16)27-18)13-9-35-10-25-13/h4-5,9-12H,6-8H2,1-3H3,(H2,24,31). The Morgan fingerprint density at radius 2 is 1.91 bits per heavy atom. The van der Waals surface area contributed by atoms with E-state index in [1.54, 1.807) is 15.8 Å². The monoisotopic (exact) mass is 507 g/mol. The summed E-state index contributed by atoms with van der Waals surface area (Å²) in [6.45, 7) is 6.34. The maximum Gasteiger partial charge on any atom is 0.482 e. The number of nitrogens with zero attached hydrogens (tertiary/aromatic N) is 6. The minimum Gasteiger partial charge on any atom is -0.444 e. The van der Waals surface area contributed by atoms with E-state index in [1.807, 2.05) is 25.7 Å². The first-order valence-electron chi connectivity index (χ1n) is 10.8. The van der Waals surface area contributed by atoms with Crippen molar-refractivity contribution in [3.05, 3.63) is 23.0 Å². The van der Waals surface area contributed by atoms with Gasteiger partial charge in [0.25, 0.3) is 0 Å². The van der Waals surface area contributed by atoms with E-state index in [-0.39, 0.29) is 35.5 Å². The van der Waals surface area contributed by atoms with Crippen LogP contribution in [0.25, 0.3) is 17.0 Å². The van der Waals surface area contributed by atoms with Gasteiger partial charge in [-0.25, -0.2) is 14.3 Å². The molecule has 3 aromatic rings. The van der Waals surface area contributed by atoms with Crippen LogP contribution in [0.2, 0.25) is 0 Å². The van der Waals surface area contributed by atoms with E-state index in [9.17, 15) is 18.4 Å². The molecule has 3 saturated heterocycles. The summed E-state index contributed by atoms with van der Waals surface area (Å²) in [4.78, 5) is 36.0. The average molecular weight is 508 g/mol. The van der Waals surface area contributed by atoms with Crippen LogP contribution in [0.5, 0.6) is 5.75 Å². The Labute approximate surface area is 202 Å². The number of halogens is 2. The molecule has 3 aliphatic rings. The summed E-state index contributed by atoms with van der Waals surface area (Å²) >= 11 is 1.36. The zero-order chi connectivity index (χ0) is 25.1. The topological polar surface area (TPSA) is 128 Å². The maximum atomic E-state index is 14.0. The molecule has 3 fully saturated rings. The van der Waals surface area contributed by atoms with Gasteiger partial charge in [0.15, 0.2) is 5.75 Å². The number of aromatic nitrogens is 4. The number of primary amides is 1. The molecule has 186 valence electrons. The summed E-state index contributed by atoms with van der Waals surface area (Å²) in [6, 6.07) is 2.62. The highest BCUT2D eigenvalue weighted by Gasteiger charge is 2.49. The van der Waals surface area contributed by atoms with Crippen molar-refractivity contribution in [2.75, 3.05) is 18.0 Å². The van der Waals surface area contributed by atoms with Crippen molar-refractivity contribution in [1.29, 1.82) is 0 Å². The first-order chi connectivity index (χ1) is 16.4. The number of anilines is 1. The molecule has 2 amide bonds. The Kier molecular flexibility index (Phi) is 5.30. The molecule has 6 rings (SSSR count). The Hall–Kier alpha value is -3.55. The van der Waals surface area contributed by atoms with Gasteiger partial charge in [-0.3, -0.25) is 9.69 Å². The van der Waals surface area contributed by atoms with Gasteiger partial charge >= 0.3 is 18.1 Å². The number of alkyl halides is 2. The first-order valence-corrected chi connectivity index (χ1v) is 11.8. The highest BCUT2D eigenvalue weighted by atomic mass is 32.1. The molecule has 2 N–H and O–H groups in total. The molecule has 2 atom stereocenters. The maximum absolute atomic E-state index is 14.0. The first kappa shape index (κ1) is 23.2. The van der Waals surface area contributed by atoms with Gasteiger partial charge < -0.3 is 20.1 Å². The normalized spacial score (nSPS) is 20.0. The van der Waals surface area contributed by atoms with Gasteiger partial charge in [-0.05, 0) is 39.3 Å². The van der Waals surface area contributed by atoms with Crippen LogP contribution in [0.3, 0.4) is 0 Å². The lowest BCUT2D eigenvalue weighted by molar-refractivity contribution is -0.189. The second-order valence-corrected chi connectivity index (χ2v) is 10.1. The molecule has 0 aromatic carbocycles. The molecule has 2 unspecified atom stereocenters. The van der Waals surface area contributed by atoms with Crippen molar-refractivity contribution < 1.29 is 27.8 Å². The van der Waals surface area contributed by atoms with Crippen molar-refractivity contribution in [3.8, 4) is 17.1 Å². The minimum atomic E-state index is -4.23. The number of carbonyl (C=O) groups is 2. The molecule has 35 heavy (non-hydrogen) atoms. The van der Waals surface area contributed by atoms with Crippen LogP contribution < -0.4 is 15.4 Å². The number of carbonyl (C=O) groups excluding carboxylic acids is 2. The number of piperazine rings is 1. The largest absolute Gasteiger partial charge is 0.482 e. The number of rotatable bonds is 5. The smallest absolute Gasteiger partial charge is 0.444 e. The lowest BCUT2D eigenvalue weighted by Gasteiger charge is -2.55. The van der Waals surface area contributed by atoms with Gasteiger partial charge in [0.05, 0.1) is 29.0 Å². The highest BCUT2D eigenvalue weighted by molar-refractivity contribution is 7.07. The second-order valence-electron chi connectivity index (χ2n) is 9.42. The molecule has 3 aliphatic heterocycles. The summed E-state index contributed by atoms with van der Waals surface area (Å²) in [5.74, 6) is -2.00. The van der Waals surface area contributed by atoms with Crippen LogP contribution in [0.15, 0.2) is 23.0 Å². The van der Waals surface area contributed by atoms with Gasteiger partial charge in [0, 0.05) is 18.5 Å². The number of amides is 2. The number of thiazole rings is 1. The van der Waals surface area contributed by atoms with E-state index in [0.29, 0.717) is 24.5 Å².